The molecule has 1 aliphatic carbocycles. The molecule has 4 nitrogen and oxygen atoms in total. The summed E-state index contributed by atoms with van der Waals surface area (Å²) in [5.41, 5.74) is 7.17. The fraction of sp³-hybridized carbons (Fsp3) is 0.0392. The molecule has 0 bridgehead atoms. The van der Waals surface area contributed by atoms with E-state index in [2.05, 4.69) is 176 Å². The Bertz CT molecular complexity index is 3170. The number of para-hydroxylation sites is 1. The Morgan fingerprint density at radius 2 is 0.982 bits per heavy atom. The summed E-state index contributed by atoms with van der Waals surface area (Å²) in [5.74, 6) is 1.88. The fourth-order valence-corrected chi connectivity index (χ4v) is 8.36. The molecule has 2 unspecified atom stereocenters. The lowest BCUT2D eigenvalue weighted by atomic mass is 9.80. The zero-order valence-electron chi connectivity index (χ0n) is 29.8. The highest BCUT2D eigenvalue weighted by Gasteiger charge is 2.29. The standard InChI is InChI=1S/C51H33N3O/c1-2-12-36-30-37(26-22-32(36)10-1)33-20-24-35(25-21-33)49-52-50(39-28-29-41-38(31-39)27-23-34-11-3-4-13-40(34)41)54-51(53-49)44-15-6-5-14-42(44)43-17-9-19-47-48(43)45-16-7-8-18-46(45)55-47/h1-31,42,44H. The SMILES string of the molecule is C1=CC(c2nc(-c3ccc(-c4ccc5ccccc5c4)cc3)nc(-c3ccc4c(ccc5ccccc54)c3)n2)C(c2cccc3oc4ccccc4c23)C=C1. The number of fused-ring (bicyclic) bond motifs is 7. The minimum absolute atomic E-state index is 0.0175. The second kappa shape index (κ2) is 12.8. The van der Waals surface area contributed by atoms with Crippen molar-refractivity contribution in [2.75, 3.05) is 0 Å². The quantitative estimate of drug-likeness (QED) is 0.167. The molecule has 0 radical (unpaired) electrons. The number of allylic oxidation sites excluding steroid dienone is 4. The molecule has 55 heavy (non-hydrogen) atoms. The van der Waals surface area contributed by atoms with Crippen molar-refractivity contribution in [1.29, 1.82) is 0 Å². The average Bonchev–Trinajstić information content (AvgIpc) is 3.65. The van der Waals surface area contributed by atoms with Crippen LogP contribution in [0.2, 0.25) is 0 Å². The third-order valence-corrected chi connectivity index (χ3v) is 11.1. The predicted octanol–water partition coefficient (Wildman–Crippen LogP) is 13.2. The Balaban J connectivity index is 1.06. The maximum atomic E-state index is 6.32. The van der Waals surface area contributed by atoms with Gasteiger partial charge in [0, 0.05) is 33.7 Å². The maximum absolute atomic E-state index is 6.32. The lowest BCUT2D eigenvalue weighted by Crippen LogP contribution is -2.15. The number of furan rings is 1. The topological polar surface area (TPSA) is 51.8 Å². The van der Waals surface area contributed by atoms with Crippen molar-refractivity contribution in [3.05, 3.63) is 199 Å². The monoisotopic (exact) mass is 703 g/mol. The van der Waals surface area contributed by atoms with Crippen LogP contribution in [0.1, 0.15) is 23.2 Å². The largest absolute Gasteiger partial charge is 0.456 e. The minimum atomic E-state index is -0.133. The molecule has 0 N–H and O–H groups in total. The van der Waals surface area contributed by atoms with Crippen LogP contribution in [0.15, 0.2) is 193 Å². The van der Waals surface area contributed by atoms with Gasteiger partial charge in [0.1, 0.15) is 17.0 Å². The lowest BCUT2D eigenvalue weighted by Gasteiger charge is -2.25. The predicted molar refractivity (Wildman–Crippen MR) is 226 cm³/mol. The number of hydrogen-bond donors (Lipinski definition) is 0. The number of benzene rings is 8. The van der Waals surface area contributed by atoms with Crippen molar-refractivity contribution in [2.24, 2.45) is 0 Å². The van der Waals surface area contributed by atoms with Gasteiger partial charge in [0.25, 0.3) is 0 Å². The van der Waals surface area contributed by atoms with Crippen LogP contribution in [0.3, 0.4) is 0 Å². The molecule has 0 fully saturated rings. The van der Waals surface area contributed by atoms with Gasteiger partial charge in [-0.1, -0.05) is 164 Å². The molecule has 0 saturated carbocycles. The summed E-state index contributed by atoms with van der Waals surface area (Å²) >= 11 is 0. The van der Waals surface area contributed by atoms with Crippen LogP contribution in [0, 0.1) is 0 Å². The molecule has 4 heteroatoms. The molecule has 11 rings (SSSR count). The summed E-state index contributed by atoms with van der Waals surface area (Å²) < 4.78 is 6.32. The zero-order chi connectivity index (χ0) is 36.3. The highest BCUT2D eigenvalue weighted by Crippen LogP contribution is 2.43. The van der Waals surface area contributed by atoms with Gasteiger partial charge in [-0.05, 0) is 73.3 Å². The van der Waals surface area contributed by atoms with E-state index in [9.17, 15) is 0 Å². The number of aromatic nitrogens is 3. The molecule has 10 aromatic rings. The van der Waals surface area contributed by atoms with E-state index in [1.165, 1.54) is 38.1 Å². The van der Waals surface area contributed by atoms with Gasteiger partial charge >= 0.3 is 0 Å². The van der Waals surface area contributed by atoms with E-state index in [0.29, 0.717) is 11.6 Å². The smallest absolute Gasteiger partial charge is 0.163 e. The fourth-order valence-electron chi connectivity index (χ4n) is 8.36. The highest BCUT2D eigenvalue weighted by atomic mass is 16.3. The van der Waals surface area contributed by atoms with E-state index in [1.807, 2.05) is 12.1 Å². The van der Waals surface area contributed by atoms with Gasteiger partial charge in [-0.15, -0.1) is 0 Å². The first-order chi connectivity index (χ1) is 27.2. The van der Waals surface area contributed by atoms with Crippen molar-refractivity contribution in [3.8, 4) is 33.9 Å². The molecule has 0 spiro atoms. The van der Waals surface area contributed by atoms with Gasteiger partial charge < -0.3 is 4.42 Å². The average molecular weight is 704 g/mol. The second-order valence-corrected chi connectivity index (χ2v) is 14.3. The third kappa shape index (κ3) is 5.42. The summed E-state index contributed by atoms with van der Waals surface area (Å²) in [4.78, 5) is 15.7. The van der Waals surface area contributed by atoms with Gasteiger partial charge in [0.2, 0.25) is 0 Å². The van der Waals surface area contributed by atoms with Crippen molar-refractivity contribution in [2.45, 2.75) is 11.8 Å². The van der Waals surface area contributed by atoms with Crippen molar-refractivity contribution >= 4 is 54.3 Å². The van der Waals surface area contributed by atoms with E-state index in [0.717, 1.165) is 49.8 Å². The summed E-state index contributed by atoms with van der Waals surface area (Å²) in [5, 5.41) is 9.52. The Labute approximate surface area is 317 Å². The number of rotatable bonds is 5. The summed E-state index contributed by atoms with van der Waals surface area (Å²) in [6.45, 7) is 0. The van der Waals surface area contributed by atoms with Crippen LogP contribution < -0.4 is 0 Å². The lowest BCUT2D eigenvalue weighted by molar-refractivity contribution is 0.664. The molecule has 1 aliphatic rings. The Hall–Kier alpha value is -7.17. The Morgan fingerprint density at radius 1 is 0.382 bits per heavy atom. The first-order valence-electron chi connectivity index (χ1n) is 18.8. The molecule has 0 aliphatic heterocycles. The van der Waals surface area contributed by atoms with E-state index in [4.69, 9.17) is 19.4 Å². The van der Waals surface area contributed by atoms with Gasteiger partial charge in [0.15, 0.2) is 11.6 Å². The zero-order valence-corrected chi connectivity index (χ0v) is 29.8. The summed E-state index contributed by atoms with van der Waals surface area (Å²) in [6.07, 6.45) is 8.73. The van der Waals surface area contributed by atoms with E-state index >= 15 is 0 Å². The molecule has 2 atom stereocenters. The molecular weight excluding hydrogens is 671 g/mol. The van der Waals surface area contributed by atoms with Crippen LogP contribution in [-0.4, -0.2) is 15.0 Å². The van der Waals surface area contributed by atoms with Gasteiger partial charge in [0.05, 0.1) is 0 Å². The molecule has 2 aromatic heterocycles. The summed E-state index contributed by atoms with van der Waals surface area (Å²) in [6, 6.07) is 57.8. The molecule has 8 aromatic carbocycles. The molecule has 0 amide bonds. The first-order valence-corrected chi connectivity index (χ1v) is 18.8. The maximum Gasteiger partial charge on any atom is 0.163 e. The van der Waals surface area contributed by atoms with Crippen LogP contribution in [-0.2, 0) is 0 Å². The van der Waals surface area contributed by atoms with Gasteiger partial charge in [-0.3, -0.25) is 0 Å². The van der Waals surface area contributed by atoms with Crippen LogP contribution in [0.5, 0.6) is 0 Å². The number of hydrogen-bond acceptors (Lipinski definition) is 4. The van der Waals surface area contributed by atoms with Crippen LogP contribution >= 0.6 is 0 Å². The van der Waals surface area contributed by atoms with Crippen molar-refractivity contribution < 1.29 is 4.42 Å². The number of nitrogens with zero attached hydrogens (tertiary/aromatic N) is 3. The molecular formula is C51H33N3O. The molecule has 0 saturated heterocycles. The van der Waals surface area contributed by atoms with E-state index in [-0.39, 0.29) is 11.8 Å². The van der Waals surface area contributed by atoms with Crippen molar-refractivity contribution in [1.82, 2.24) is 15.0 Å². The van der Waals surface area contributed by atoms with Crippen molar-refractivity contribution in [3.63, 3.8) is 0 Å². The summed E-state index contributed by atoms with van der Waals surface area (Å²) in [7, 11) is 0. The van der Waals surface area contributed by atoms with Crippen LogP contribution in [0.25, 0.3) is 88.2 Å². The first kappa shape index (κ1) is 31.4. The van der Waals surface area contributed by atoms with Crippen LogP contribution in [0.4, 0.5) is 0 Å². The Kier molecular flexibility index (Phi) is 7.27. The highest BCUT2D eigenvalue weighted by molar-refractivity contribution is 6.09. The van der Waals surface area contributed by atoms with Gasteiger partial charge in [-0.2, -0.15) is 0 Å². The van der Waals surface area contributed by atoms with E-state index < -0.39 is 0 Å². The minimum Gasteiger partial charge on any atom is -0.456 e. The molecule has 258 valence electrons. The molecule has 2 heterocycles. The second-order valence-electron chi connectivity index (χ2n) is 14.3. The third-order valence-electron chi connectivity index (χ3n) is 11.1. The normalized spacial score (nSPS) is 15.5. The Morgan fingerprint density at radius 3 is 1.85 bits per heavy atom. The van der Waals surface area contributed by atoms with Gasteiger partial charge in [-0.25, -0.2) is 15.0 Å². The van der Waals surface area contributed by atoms with E-state index in [1.54, 1.807) is 0 Å².